The van der Waals surface area contributed by atoms with Crippen LogP contribution in [-0.4, -0.2) is 16.5 Å². The highest BCUT2D eigenvalue weighted by atomic mass is 16.3. The molecule has 0 spiro atoms. The zero-order chi connectivity index (χ0) is 18.3. The molecule has 0 aliphatic heterocycles. The highest BCUT2D eigenvalue weighted by Crippen LogP contribution is 2.68. The second-order valence-corrected chi connectivity index (χ2v) is 10.4. The third kappa shape index (κ3) is 2.27. The van der Waals surface area contributed by atoms with Crippen molar-refractivity contribution in [2.75, 3.05) is 0 Å². The normalized spacial score (nSPS) is 60.6. The zero-order valence-corrected chi connectivity index (χ0v) is 16.0. The van der Waals surface area contributed by atoms with Crippen molar-refractivity contribution in [1.29, 1.82) is 0 Å². The maximum atomic E-state index is 12.2. The van der Waals surface area contributed by atoms with E-state index in [9.17, 15) is 11.3 Å². The molecule has 1 N–H and O–H groups in total. The van der Waals surface area contributed by atoms with Crippen LogP contribution in [0.2, 0.25) is 0 Å². The van der Waals surface area contributed by atoms with Gasteiger partial charge in [-0.1, -0.05) is 13.8 Å². The maximum Gasteiger partial charge on any atom is 0.133 e. The number of fused-ring (bicyclic) bond motifs is 5. The van der Waals surface area contributed by atoms with Crippen LogP contribution in [-0.2, 0) is 4.79 Å². The number of aliphatic hydroxyl groups is 1. The van der Waals surface area contributed by atoms with E-state index in [-0.39, 0.29) is 16.7 Å². The lowest BCUT2D eigenvalue weighted by molar-refractivity contribution is -0.150. The molecule has 8 atom stereocenters. The topological polar surface area (TPSA) is 37.3 Å². The molecular formula is C22H36O2. The van der Waals surface area contributed by atoms with Crippen molar-refractivity contribution in [2.24, 2.45) is 40.4 Å². The van der Waals surface area contributed by atoms with Gasteiger partial charge in [-0.3, -0.25) is 4.79 Å². The van der Waals surface area contributed by atoms with Crippen LogP contribution in [0.15, 0.2) is 0 Å². The number of carbonyl (C=O) groups excluding carboxylic acids is 1. The summed E-state index contributed by atoms with van der Waals surface area (Å²) in [7, 11) is 0. The highest BCUT2D eigenvalue weighted by molar-refractivity contribution is 5.79. The van der Waals surface area contributed by atoms with Crippen LogP contribution in [0.5, 0.6) is 0 Å². The van der Waals surface area contributed by atoms with Crippen LogP contribution >= 0.6 is 0 Å². The Morgan fingerprint density at radius 3 is 2.38 bits per heavy atom. The first-order chi connectivity index (χ1) is 11.5. The zero-order valence-electron chi connectivity index (χ0n) is 17.0. The predicted octanol–water partition coefficient (Wildman–Crippen LogP) is 4.99. The van der Waals surface area contributed by atoms with Crippen molar-refractivity contribution in [2.45, 2.75) is 91.1 Å². The van der Waals surface area contributed by atoms with Gasteiger partial charge in [-0.05, 0) is 106 Å². The molecule has 0 aromatic heterocycles. The van der Waals surface area contributed by atoms with E-state index in [2.05, 4.69) is 13.8 Å². The lowest BCUT2D eigenvalue weighted by Gasteiger charge is -2.61. The fraction of sp³-hybridized carbons (Fsp3) is 0.955. The summed E-state index contributed by atoms with van der Waals surface area (Å²) in [6, 6.07) is 0. The molecule has 0 amide bonds. The summed E-state index contributed by atoms with van der Waals surface area (Å²) >= 11 is 0. The lowest BCUT2D eigenvalue weighted by atomic mass is 9.44. The molecule has 1 unspecified atom stereocenters. The fourth-order valence-electron chi connectivity index (χ4n) is 7.77. The third-order valence-corrected chi connectivity index (χ3v) is 9.11. The van der Waals surface area contributed by atoms with Crippen LogP contribution in [0.4, 0.5) is 0 Å². The Morgan fingerprint density at radius 2 is 1.67 bits per heavy atom. The summed E-state index contributed by atoms with van der Waals surface area (Å²) < 4.78 is 9.28. The van der Waals surface area contributed by atoms with Gasteiger partial charge < -0.3 is 5.11 Å². The third-order valence-electron chi connectivity index (χ3n) is 9.11. The first-order valence-corrected chi connectivity index (χ1v) is 10.3. The lowest BCUT2D eigenvalue weighted by Crippen LogP contribution is -2.55. The van der Waals surface area contributed by atoms with Crippen molar-refractivity contribution in [3.05, 3.63) is 0 Å². The van der Waals surface area contributed by atoms with Gasteiger partial charge in [0.25, 0.3) is 0 Å². The molecule has 0 radical (unpaired) electrons. The van der Waals surface area contributed by atoms with E-state index in [4.69, 9.17) is 0 Å². The van der Waals surface area contributed by atoms with Gasteiger partial charge in [0.1, 0.15) is 5.78 Å². The first kappa shape index (κ1) is 15.9. The second kappa shape index (κ2) is 5.32. The number of rotatable bonds is 1. The Hall–Kier alpha value is -0.370. The van der Waals surface area contributed by atoms with Gasteiger partial charge in [0, 0.05) is 7.29 Å². The average Bonchev–Trinajstić information content (AvgIpc) is 2.85. The van der Waals surface area contributed by atoms with Crippen molar-refractivity contribution in [1.82, 2.24) is 0 Å². The fourth-order valence-corrected chi connectivity index (χ4v) is 7.77. The minimum atomic E-state index is -0.662. The number of ketones is 1. The molecule has 0 aromatic carbocycles. The van der Waals surface area contributed by atoms with Crippen molar-refractivity contribution < 1.29 is 11.3 Å². The van der Waals surface area contributed by atoms with E-state index in [1.165, 1.54) is 12.8 Å². The summed E-state index contributed by atoms with van der Waals surface area (Å²) in [5.74, 6) is 2.16. The molecule has 0 saturated heterocycles. The molecule has 0 heterocycles. The van der Waals surface area contributed by atoms with Gasteiger partial charge in [-0.2, -0.15) is 0 Å². The van der Waals surface area contributed by atoms with Crippen LogP contribution < -0.4 is 0 Å². The van der Waals surface area contributed by atoms with Gasteiger partial charge in [0.05, 0.1) is 5.60 Å². The Balaban J connectivity index is 1.65. The molecule has 2 nitrogen and oxygen atoms in total. The predicted molar refractivity (Wildman–Crippen MR) is 96.5 cm³/mol. The molecule has 4 saturated carbocycles. The van der Waals surface area contributed by atoms with Gasteiger partial charge >= 0.3 is 0 Å². The molecule has 4 aliphatic carbocycles. The standard InChI is InChI=1S/C22H36O2/c1-14(23)17-7-8-18-16-6-5-15-13-20(2,24)11-12-21(15,3)19(16)9-10-22(17,18)4/h15-19,24H,5-13H2,1-4H3/t15-,16+,17?,18+,19+,20-,21+,22-/m1/s1/i15D. The summed E-state index contributed by atoms with van der Waals surface area (Å²) in [5, 5.41) is 10.6. The smallest absolute Gasteiger partial charge is 0.133 e. The van der Waals surface area contributed by atoms with Crippen molar-refractivity contribution >= 4 is 5.78 Å². The Labute approximate surface area is 149 Å². The molecule has 4 rings (SSSR count). The largest absolute Gasteiger partial charge is 0.390 e. The summed E-state index contributed by atoms with van der Waals surface area (Å²) in [6.45, 7) is 8.49. The number of carbonyl (C=O) groups is 1. The molecule has 136 valence electrons. The highest BCUT2D eigenvalue weighted by Gasteiger charge is 2.61. The van der Waals surface area contributed by atoms with Gasteiger partial charge in [-0.25, -0.2) is 0 Å². The van der Waals surface area contributed by atoms with E-state index in [0.717, 1.165) is 38.5 Å². The van der Waals surface area contributed by atoms with Crippen LogP contribution in [0, 0.1) is 40.4 Å². The van der Waals surface area contributed by atoms with Gasteiger partial charge in [0.15, 0.2) is 0 Å². The number of Topliss-reactive ketones (excluding diaryl/α,β-unsaturated/α-hetero) is 1. The molecule has 4 fully saturated rings. The minimum Gasteiger partial charge on any atom is -0.390 e. The molecule has 0 bridgehead atoms. The van der Waals surface area contributed by atoms with Crippen LogP contribution in [0.1, 0.15) is 86.9 Å². The average molecular weight is 334 g/mol. The van der Waals surface area contributed by atoms with E-state index < -0.39 is 11.5 Å². The van der Waals surface area contributed by atoms with E-state index >= 15 is 0 Å². The number of hydrogen-bond acceptors (Lipinski definition) is 2. The molecule has 2 heteroatoms. The molecule has 4 aliphatic rings. The second-order valence-electron chi connectivity index (χ2n) is 10.4. The van der Waals surface area contributed by atoms with Gasteiger partial charge in [-0.15, -0.1) is 0 Å². The van der Waals surface area contributed by atoms with E-state index in [1.807, 2.05) is 6.92 Å². The van der Waals surface area contributed by atoms with Crippen LogP contribution in [0.25, 0.3) is 0 Å². The van der Waals surface area contributed by atoms with Crippen LogP contribution in [0.3, 0.4) is 0 Å². The quantitative estimate of drug-likeness (QED) is 0.734. The Kier molecular flexibility index (Phi) is 3.51. The van der Waals surface area contributed by atoms with E-state index in [0.29, 0.717) is 30.0 Å². The van der Waals surface area contributed by atoms with Crippen molar-refractivity contribution in [3.63, 3.8) is 0 Å². The van der Waals surface area contributed by atoms with Crippen molar-refractivity contribution in [3.8, 4) is 0 Å². The SMILES string of the molecule is [2H][C@]12CC[C@H]3[C@@H]4CCC(C(C)=O)[C@@]4(C)CC[C@@H]3[C@@]1(C)CC[C@@](C)(O)C2. The van der Waals surface area contributed by atoms with E-state index in [1.54, 1.807) is 6.92 Å². The number of hydrogen-bond donors (Lipinski definition) is 1. The molecule has 24 heavy (non-hydrogen) atoms. The summed E-state index contributed by atoms with van der Waals surface area (Å²) in [6.07, 6.45) is 9.15. The summed E-state index contributed by atoms with van der Waals surface area (Å²) in [5.41, 5.74) is -0.427. The summed E-state index contributed by atoms with van der Waals surface area (Å²) in [4.78, 5) is 12.2. The minimum absolute atomic E-state index is 0.0355. The maximum absolute atomic E-state index is 12.2. The molecule has 0 aromatic rings. The Bertz CT molecular complexity index is 587. The Morgan fingerprint density at radius 1 is 0.958 bits per heavy atom. The first-order valence-electron chi connectivity index (χ1n) is 10.8. The monoisotopic (exact) mass is 333 g/mol. The molecular weight excluding hydrogens is 296 g/mol. The van der Waals surface area contributed by atoms with Gasteiger partial charge in [0.2, 0.25) is 0 Å².